The van der Waals surface area contributed by atoms with Crippen LogP contribution in [0.4, 0.5) is 5.69 Å². The lowest BCUT2D eigenvalue weighted by atomic mass is 10.1. The maximum absolute atomic E-state index is 11.7. The summed E-state index contributed by atoms with van der Waals surface area (Å²) in [7, 11) is 0. The first-order valence-corrected chi connectivity index (χ1v) is 7.24. The molecule has 0 fully saturated rings. The SMILES string of the molecule is O=C(COC(=O)Cc1ccccc1Cl)Nc1ccc(Cl)cc1. The van der Waals surface area contributed by atoms with Crippen molar-refractivity contribution in [1.29, 1.82) is 0 Å². The molecule has 114 valence electrons. The van der Waals surface area contributed by atoms with Crippen LogP contribution in [0.15, 0.2) is 48.5 Å². The van der Waals surface area contributed by atoms with Crippen LogP contribution >= 0.6 is 23.2 Å². The summed E-state index contributed by atoms with van der Waals surface area (Å²) in [4.78, 5) is 23.4. The van der Waals surface area contributed by atoms with Crippen LogP contribution in [-0.4, -0.2) is 18.5 Å². The summed E-state index contributed by atoms with van der Waals surface area (Å²) in [5, 5.41) is 3.66. The van der Waals surface area contributed by atoms with Gasteiger partial charge in [0.1, 0.15) is 0 Å². The summed E-state index contributed by atoms with van der Waals surface area (Å²) in [6, 6.07) is 13.6. The van der Waals surface area contributed by atoms with Crippen LogP contribution in [-0.2, 0) is 20.7 Å². The zero-order valence-corrected chi connectivity index (χ0v) is 13.0. The molecule has 0 aromatic heterocycles. The number of anilines is 1. The fraction of sp³-hybridized carbons (Fsp3) is 0.125. The number of hydrogen-bond donors (Lipinski definition) is 1. The second-order valence-electron chi connectivity index (χ2n) is 4.48. The molecule has 22 heavy (non-hydrogen) atoms. The van der Waals surface area contributed by atoms with Gasteiger partial charge in [-0.15, -0.1) is 0 Å². The molecule has 2 aromatic carbocycles. The molecule has 2 rings (SSSR count). The zero-order chi connectivity index (χ0) is 15.9. The second kappa shape index (κ2) is 7.82. The number of ether oxygens (including phenoxy) is 1. The summed E-state index contributed by atoms with van der Waals surface area (Å²) >= 11 is 11.7. The lowest BCUT2D eigenvalue weighted by Gasteiger charge is -2.07. The molecular formula is C16H13Cl2NO3. The number of carbonyl (C=O) groups excluding carboxylic acids is 2. The molecule has 4 nitrogen and oxygen atoms in total. The Bertz CT molecular complexity index is 671. The number of hydrogen-bond acceptors (Lipinski definition) is 3. The number of carbonyl (C=O) groups is 2. The van der Waals surface area contributed by atoms with Gasteiger partial charge in [0.25, 0.3) is 5.91 Å². The van der Waals surface area contributed by atoms with Crippen molar-refractivity contribution in [2.45, 2.75) is 6.42 Å². The van der Waals surface area contributed by atoms with Gasteiger partial charge >= 0.3 is 5.97 Å². The number of halogens is 2. The fourth-order valence-electron chi connectivity index (χ4n) is 1.72. The van der Waals surface area contributed by atoms with Gasteiger partial charge < -0.3 is 10.1 Å². The minimum absolute atomic E-state index is 0.0217. The van der Waals surface area contributed by atoms with Crippen molar-refractivity contribution in [3.8, 4) is 0 Å². The Balaban J connectivity index is 1.79. The van der Waals surface area contributed by atoms with Crippen LogP contribution in [0.1, 0.15) is 5.56 Å². The summed E-state index contributed by atoms with van der Waals surface area (Å²) < 4.78 is 4.92. The van der Waals surface area contributed by atoms with E-state index in [0.717, 1.165) is 0 Å². The highest BCUT2D eigenvalue weighted by Crippen LogP contribution is 2.16. The Hall–Kier alpha value is -2.04. The largest absolute Gasteiger partial charge is 0.455 e. The van der Waals surface area contributed by atoms with E-state index in [0.29, 0.717) is 21.3 Å². The molecule has 0 aliphatic heterocycles. The number of esters is 1. The van der Waals surface area contributed by atoms with Crippen LogP contribution < -0.4 is 5.32 Å². The summed E-state index contributed by atoms with van der Waals surface area (Å²) in [6.07, 6.45) is 0.0217. The molecule has 0 spiro atoms. The first-order chi connectivity index (χ1) is 10.5. The third-order valence-corrected chi connectivity index (χ3v) is 3.41. The van der Waals surface area contributed by atoms with Crippen molar-refractivity contribution in [3.63, 3.8) is 0 Å². The normalized spacial score (nSPS) is 10.1. The van der Waals surface area contributed by atoms with Gasteiger partial charge in [0, 0.05) is 15.7 Å². The van der Waals surface area contributed by atoms with Crippen LogP contribution in [0.2, 0.25) is 10.0 Å². The molecule has 1 N–H and O–H groups in total. The van der Waals surface area contributed by atoms with Gasteiger partial charge in [-0.3, -0.25) is 9.59 Å². The van der Waals surface area contributed by atoms with Gasteiger partial charge in [0.05, 0.1) is 6.42 Å². The molecule has 0 saturated heterocycles. The topological polar surface area (TPSA) is 55.4 Å². The van der Waals surface area contributed by atoms with Gasteiger partial charge in [-0.25, -0.2) is 0 Å². The molecule has 2 aromatic rings. The molecule has 0 bridgehead atoms. The quantitative estimate of drug-likeness (QED) is 0.846. The molecular weight excluding hydrogens is 325 g/mol. The lowest BCUT2D eigenvalue weighted by molar-refractivity contribution is -0.146. The maximum atomic E-state index is 11.7. The zero-order valence-electron chi connectivity index (χ0n) is 11.5. The molecule has 1 amide bonds. The van der Waals surface area contributed by atoms with Crippen molar-refractivity contribution < 1.29 is 14.3 Å². The van der Waals surface area contributed by atoms with Crippen molar-refractivity contribution in [3.05, 3.63) is 64.1 Å². The minimum Gasteiger partial charge on any atom is -0.455 e. The van der Waals surface area contributed by atoms with Crippen molar-refractivity contribution in [2.24, 2.45) is 0 Å². The molecule has 0 saturated carbocycles. The van der Waals surface area contributed by atoms with E-state index >= 15 is 0 Å². The number of amides is 1. The third kappa shape index (κ3) is 5.06. The maximum Gasteiger partial charge on any atom is 0.310 e. The van der Waals surface area contributed by atoms with E-state index < -0.39 is 11.9 Å². The summed E-state index contributed by atoms with van der Waals surface area (Å²) in [6.45, 7) is -0.355. The number of nitrogens with one attached hydrogen (secondary N) is 1. The molecule has 0 aliphatic carbocycles. The van der Waals surface area contributed by atoms with Crippen molar-refractivity contribution in [1.82, 2.24) is 0 Å². The molecule has 0 heterocycles. The molecule has 6 heteroatoms. The van der Waals surface area contributed by atoms with Gasteiger partial charge in [0.2, 0.25) is 0 Å². The smallest absolute Gasteiger partial charge is 0.310 e. The highest BCUT2D eigenvalue weighted by molar-refractivity contribution is 6.31. The average Bonchev–Trinajstić information content (AvgIpc) is 2.50. The summed E-state index contributed by atoms with van der Waals surface area (Å²) in [5.41, 5.74) is 1.24. The molecule has 0 radical (unpaired) electrons. The van der Waals surface area contributed by atoms with Crippen LogP contribution in [0.3, 0.4) is 0 Å². The van der Waals surface area contributed by atoms with Gasteiger partial charge in [0.15, 0.2) is 6.61 Å². The van der Waals surface area contributed by atoms with E-state index in [2.05, 4.69) is 5.32 Å². The third-order valence-electron chi connectivity index (χ3n) is 2.78. The van der Waals surface area contributed by atoms with Crippen molar-refractivity contribution in [2.75, 3.05) is 11.9 Å². The Morgan fingerprint density at radius 2 is 1.68 bits per heavy atom. The van der Waals surface area contributed by atoms with Gasteiger partial charge in [-0.2, -0.15) is 0 Å². The Morgan fingerprint density at radius 1 is 1.00 bits per heavy atom. The monoisotopic (exact) mass is 337 g/mol. The van der Waals surface area contributed by atoms with E-state index in [4.69, 9.17) is 27.9 Å². The van der Waals surface area contributed by atoms with Crippen LogP contribution in [0.5, 0.6) is 0 Å². The van der Waals surface area contributed by atoms with Crippen LogP contribution in [0.25, 0.3) is 0 Å². The average molecular weight is 338 g/mol. The number of rotatable bonds is 5. The first-order valence-electron chi connectivity index (χ1n) is 6.49. The Labute approximate surface area is 138 Å². The van der Waals surface area contributed by atoms with E-state index in [1.54, 1.807) is 48.5 Å². The van der Waals surface area contributed by atoms with E-state index in [9.17, 15) is 9.59 Å². The molecule has 0 aliphatic rings. The highest BCUT2D eigenvalue weighted by Gasteiger charge is 2.10. The summed E-state index contributed by atoms with van der Waals surface area (Å²) in [5.74, 6) is -0.936. The predicted octanol–water partition coefficient (Wildman–Crippen LogP) is 3.72. The van der Waals surface area contributed by atoms with E-state index in [-0.39, 0.29) is 13.0 Å². The fourth-order valence-corrected chi connectivity index (χ4v) is 2.05. The number of benzene rings is 2. The Kier molecular flexibility index (Phi) is 5.81. The molecule has 0 atom stereocenters. The van der Waals surface area contributed by atoms with E-state index in [1.165, 1.54) is 0 Å². The van der Waals surface area contributed by atoms with Gasteiger partial charge in [-0.05, 0) is 35.9 Å². The first kappa shape index (κ1) is 16.3. The van der Waals surface area contributed by atoms with E-state index in [1.807, 2.05) is 0 Å². The van der Waals surface area contributed by atoms with Crippen LogP contribution in [0, 0.1) is 0 Å². The predicted molar refractivity (Wildman–Crippen MR) is 86.2 cm³/mol. The standard InChI is InChI=1S/C16H13Cl2NO3/c17-12-5-7-13(8-6-12)19-15(20)10-22-16(21)9-11-3-1-2-4-14(11)18/h1-8H,9-10H2,(H,19,20). The minimum atomic E-state index is -0.514. The highest BCUT2D eigenvalue weighted by atomic mass is 35.5. The molecule has 0 unspecified atom stereocenters. The Morgan fingerprint density at radius 3 is 2.36 bits per heavy atom. The second-order valence-corrected chi connectivity index (χ2v) is 5.33. The van der Waals surface area contributed by atoms with Gasteiger partial charge in [-0.1, -0.05) is 41.4 Å². The van der Waals surface area contributed by atoms with Crippen molar-refractivity contribution >= 4 is 40.8 Å². The lowest BCUT2D eigenvalue weighted by Crippen LogP contribution is -2.21.